The van der Waals surface area contributed by atoms with Crippen LogP contribution in [0.2, 0.25) is 5.02 Å². The number of halogens is 1. The first-order valence-electron chi connectivity index (χ1n) is 7.03. The molecule has 0 aliphatic heterocycles. The van der Waals surface area contributed by atoms with Crippen LogP contribution in [0, 0.1) is 13.8 Å². The molecule has 0 fully saturated rings. The van der Waals surface area contributed by atoms with Gasteiger partial charge in [-0.15, -0.1) is 0 Å². The van der Waals surface area contributed by atoms with Crippen molar-refractivity contribution >= 4 is 23.2 Å². The summed E-state index contributed by atoms with van der Waals surface area (Å²) in [5.74, 6) is 0.260. The maximum atomic E-state index is 10.1. The minimum absolute atomic E-state index is 0.146. The molecule has 0 spiro atoms. The summed E-state index contributed by atoms with van der Waals surface area (Å²) in [6, 6.07) is 13.2. The quantitative estimate of drug-likeness (QED) is 0.597. The van der Waals surface area contributed by atoms with Gasteiger partial charge in [-0.05, 0) is 43.2 Å². The lowest BCUT2D eigenvalue weighted by Crippen LogP contribution is -2.23. The molecule has 0 saturated carbocycles. The first kappa shape index (κ1) is 16.3. The molecule has 0 radical (unpaired) electrons. The van der Waals surface area contributed by atoms with Crippen molar-refractivity contribution in [1.29, 1.82) is 0 Å². The third kappa shape index (κ3) is 4.48. The number of nitrogens with one attached hydrogen (secondary N) is 1. The predicted octanol–water partition coefficient (Wildman–Crippen LogP) is 3.42. The van der Waals surface area contributed by atoms with E-state index in [1.165, 1.54) is 0 Å². The van der Waals surface area contributed by atoms with Gasteiger partial charge in [0.25, 0.3) is 0 Å². The molecule has 4 N–H and O–H groups in total. The van der Waals surface area contributed by atoms with Crippen molar-refractivity contribution in [2.75, 3.05) is 11.9 Å². The van der Waals surface area contributed by atoms with E-state index < -0.39 is 6.10 Å². The smallest absolute Gasteiger partial charge is 0.193 e. The molecule has 0 heterocycles. The third-order valence-corrected chi connectivity index (χ3v) is 3.54. The molecule has 0 amide bonds. The first-order valence-corrected chi connectivity index (χ1v) is 7.41. The van der Waals surface area contributed by atoms with E-state index in [4.69, 9.17) is 17.3 Å². The van der Waals surface area contributed by atoms with Crippen LogP contribution >= 0.6 is 11.6 Å². The van der Waals surface area contributed by atoms with E-state index in [2.05, 4.69) is 16.4 Å². The highest BCUT2D eigenvalue weighted by Gasteiger charge is 2.10. The van der Waals surface area contributed by atoms with Crippen LogP contribution in [0.5, 0.6) is 0 Å². The van der Waals surface area contributed by atoms with Crippen molar-refractivity contribution in [3.8, 4) is 0 Å². The van der Waals surface area contributed by atoms with Crippen LogP contribution in [0.25, 0.3) is 0 Å². The maximum absolute atomic E-state index is 10.1. The largest absolute Gasteiger partial charge is 0.386 e. The second-order valence-corrected chi connectivity index (χ2v) is 5.67. The van der Waals surface area contributed by atoms with E-state index in [0.717, 1.165) is 16.8 Å². The van der Waals surface area contributed by atoms with Gasteiger partial charge in [0.15, 0.2) is 5.96 Å². The number of hydrogen-bond acceptors (Lipinski definition) is 2. The number of hydrogen-bond donors (Lipinski definition) is 3. The number of aryl methyl sites for hydroxylation is 2. The zero-order chi connectivity index (χ0) is 16.1. The SMILES string of the molecule is Cc1cc(C)cc(NC(N)=NCC(O)c2ccccc2Cl)c1. The zero-order valence-electron chi connectivity index (χ0n) is 12.7. The highest BCUT2D eigenvalue weighted by atomic mass is 35.5. The molecule has 5 heteroatoms. The molecule has 0 bridgehead atoms. The Kier molecular flexibility index (Phi) is 5.41. The molecule has 116 valence electrons. The molecule has 0 aliphatic rings. The normalized spacial score (nSPS) is 13.0. The highest BCUT2D eigenvalue weighted by Crippen LogP contribution is 2.22. The second kappa shape index (κ2) is 7.29. The average molecular weight is 318 g/mol. The number of aliphatic hydroxyl groups is 1. The molecule has 22 heavy (non-hydrogen) atoms. The number of aliphatic imine (C=N–C) groups is 1. The number of benzene rings is 2. The number of rotatable bonds is 4. The summed E-state index contributed by atoms with van der Waals surface area (Å²) in [7, 11) is 0. The fraction of sp³-hybridized carbons (Fsp3) is 0.235. The Bertz CT molecular complexity index is 665. The van der Waals surface area contributed by atoms with Crippen molar-refractivity contribution in [2.45, 2.75) is 20.0 Å². The van der Waals surface area contributed by atoms with E-state index in [0.29, 0.717) is 10.6 Å². The van der Waals surface area contributed by atoms with E-state index in [1.807, 2.05) is 38.1 Å². The van der Waals surface area contributed by atoms with Gasteiger partial charge in [-0.2, -0.15) is 0 Å². The summed E-state index contributed by atoms with van der Waals surface area (Å²) in [6.45, 7) is 4.19. The molecule has 1 atom stereocenters. The monoisotopic (exact) mass is 317 g/mol. The Morgan fingerprint density at radius 3 is 2.50 bits per heavy atom. The lowest BCUT2D eigenvalue weighted by molar-refractivity contribution is 0.187. The Morgan fingerprint density at radius 2 is 1.86 bits per heavy atom. The van der Waals surface area contributed by atoms with Crippen LogP contribution in [-0.2, 0) is 0 Å². The van der Waals surface area contributed by atoms with E-state index in [9.17, 15) is 5.11 Å². The number of anilines is 1. The number of aliphatic hydroxyl groups excluding tert-OH is 1. The zero-order valence-corrected chi connectivity index (χ0v) is 13.4. The van der Waals surface area contributed by atoms with Crippen molar-refractivity contribution in [3.63, 3.8) is 0 Å². The van der Waals surface area contributed by atoms with E-state index in [-0.39, 0.29) is 12.5 Å². The Morgan fingerprint density at radius 1 is 1.23 bits per heavy atom. The highest BCUT2D eigenvalue weighted by molar-refractivity contribution is 6.31. The summed E-state index contributed by atoms with van der Waals surface area (Å²) < 4.78 is 0. The van der Waals surface area contributed by atoms with Crippen LogP contribution < -0.4 is 11.1 Å². The van der Waals surface area contributed by atoms with Crippen molar-refractivity contribution in [2.24, 2.45) is 10.7 Å². The van der Waals surface area contributed by atoms with Gasteiger partial charge < -0.3 is 16.2 Å². The molecule has 2 aromatic carbocycles. The summed E-state index contributed by atoms with van der Waals surface area (Å²) in [5, 5.41) is 13.7. The summed E-state index contributed by atoms with van der Waals surface area (Å²) in [5.41, 5.74) is 9.68. The topological polar surface area (TPSA) is 70.6 Å². The molecule has 2 aromatic rings. The van der Waals surface area contributed by atoms with Gasteiger partial charge in [0.2, 0.25) is 0 Å². The van der Waals surface area contributed by atoms with Gasteiger partial charge in [0.1, 0.15) is 6.10 Å². The molecule has 0 aromatic heterocycles. The summed E-state index contributed by atoms with van der Waals surface area (Å²) in [6.07, 6.45) is -0.784. The van der Waals surface area contributed by atoms with E-state index >= 15 is 0 Å². The van der Waals surface area contributed by atoms with Gasteiger partial charge in [-0.3, -0.25) is 4.99 Å². The van der Waals surface area contributed by atoms with Gasteiger partial charge in [-0.1, -0.05) is 35.9 Å². The molecule has 0 saturated heterocycles. The minimum Gasteiger partial charge on any atom is -0.386 e. The van der Waals surface area contributed by atoms with Crippen molar-refractivity contribution < 1.29 is 5.11 Å². The van der Waals surface area contributed by atoms with Gasteiger partial charge in [-0.25, -0.2) is 0 Å². The molecule has 1 unspecified atom stereocenters. The van der Waals surface area contributed by atoms with Crippen LogP contribution in [0.15, 0.2) is 47.5 Å². The van der Waals surface area contributed by atoms with Gasteiger partial charge in [0, 0.05) is 16.3 Å². The lowest BCUT2D eigenvalue weighted by Gasteiger charge is -2.12. The van der Waals surface area contributed by atoms with Crippen LogP contribution in [0.4, 0.5) is 5.69 Å². The molecule has 2 rings (SSSR count). The standard InChI is InChI=1S/C17H20ClN3O/c1-11-7-12(2)9-13(8-11)21-17(19)20-10-16(22)14-5-3-4-6-15(14)18/h3-9,16,22H,10H2,1-2H3,(H3,19,20,21). The fourth-order valence-corrected chi connectivity index (χ4v) is 2.52. The Balaban J connectivity index is 2.02. The summed E-state index contributed by atoms with van der Waals surface area (Å²) in [4.78, 5) is 4.17. The second-order valence-electron chi connectivity index (χ2n) is 5.26. The van der Waals surface area contributed by atoms with E-state index in [1.54, 1.807) is 12.1 Å². The van der Waals surface area contributed by atoms with Crippen molar-refractivity contribution in [3.05, 3.63) is 64.2 Å². The van der Waals surface area contributed by atoms with Crippen molar-refractivity contribution in [1.82, 2.24) is 0 Å². The summed E-state index contributed by atoms with van der Waals surface area (Å²) >= 11 is 6.04. The molecular weight excluding hydrogens is 298 g/mol. The minimum atomic E-state index is -0.784. The number of nitrogens with zero attached hydrogens (tertiary/aromatic N) is 1. The van der Waals surface area contributed by atoms with Crippen LogP contribution in [0.1, 0.15) is 22.8 Å². The Labute approximate surface area is 135 Å². The lowest BCUT2D eigenvalue weighted by atomic mass is 10.1. The van der Waals surface area contributed by atoms with Gasteiger partial charge in [0.05, 0.1) is 6.54 Å². The number of nitrogens with two attached hydrogens (primary N) is 1. The van der Waals surface area contributed by atoms with Crippen LogP contribution in [0.3, 0.4) is 0 Å². The predicted molar refractivity (Wildman–Crippen MR) is 92.4 cm³/mol. The Hall–Kier alpha value is -2.04. The third-order valence-electron chi connectivity index (χ3n) is 3.19. The molecule has 0 aliphatic carbocycles. The first-order chi connectivity index (χ1) is 10.5. The molecular formula is C17H20ClN3O. The fourth-order valence-electron chi connectivity index (χ4n) is 2.26. The average Bonchev–Trinajstić information content (AvgIpc) is 2.44. The number of guanidine groups is 1. The van der Waals surface area contributed by atoms with Gasteiger partial charge >= 0.3 is 0 Å². The maximum Gasteiger partial charge on any atom is 0.193 e. The molecule has 4 nitrogen and oxygen atoms in total. The van der Waals surface area contributed by atoms with Crippen LogP contribution in [-0.4, -0.2) is 17.6 Å².